The lowest BCUT2D eigenvalue weighted by Crippen LogP contribution is -2.53. The summed E-state index contributed by atoms with van der Waals surface area (Å²) in [4.78, 5) is 14.4. The van der Waals surface area contributed by atoms with E-state index in [0.29, 0.717) is 51.7 Å². The topological polar surface area (TPSA) is 69.7 Å². The smallest absolute Gasteiger partial charge is 0.408 e. The van der Waals surface area contributed by atoms with Gasteiger partial charge in [-0.3, -0.25) is 4.79 Å². The Morgan fingerprint density at radius 3 is 1.48 bits per heavy atom. The van der Waals surface area contributed by atoms with Crippen LogP contribution in [-0.4, -0.2) is 31.4 Å². The Balaban J connectivity index is 1.37. The molecule has 42 heavy (non-hydrogen) atoms. The molecule has 4 fully saturated rings. The highest BCUT2D eigenvalue weighted by Gasteiger charge is 2.56. The van der Waals surface area contributed by atoms with Crippen LogP contribution in [0, 0.1) is 17.8 Å². The molecule has 0 N–H and O–H groups in total. The maximum atomic E-state index is 14.6. The Morgan fingerprint density at radius 2 is 1.12 bits per heavy atom. The van der Waals surface area contributed by atoms with Crippen LogP contribution in [0.25, 0.3) is 0 Å². The third-order valence-electron chi connectivity index (χ3n) is 8.80. The quantitative estimate of drug-likeness (QED) is 0.227. The second-order valence-electron chi connectivity index (χ2n) is 11.9. The molecule has 5 nitrogen and oxygen atoms in total. The summed E-state index contributed by atoms with van der Waals surface area (Å²) in [5.74, 6) is 0.0651. The molecule has 0 saturated heterocycles. The van der Waals surface area contributed by atoms with Crippen molar-refractivity contribution in [2.75, 3.05) is 0 Å². The number of esters is 1. The molecule has 224 valence electrons. The van der Waals surface area contributed by atoms with Crippen LogP contribution in [0.15, 0.2) is 106 Å². The average molecular weight is 619 g/mol. The number of carbonyl (C=O) groups excluding carboxylic acids is 1. The largest absolute Gasteiger partial charge is 0.459 e. The van der Waals surface area contributed by atoms with Crippen molar-refractivity contribution in [2.24, 2.45) is 17.8 Å². The molecule has 4 saturated carbocycles. The van der Waals surface area contributed by atoms with Crippen molar-refractivity contribution in [1.29, 1.82) is 0 Å². The lowest BCUT2D eigenvalue weighted by molar-refractivity contribution is -0.191. The molecule has 3 aromatic rings. The SMILES string of the molecule is O=C(CC(C(F)(F)F)S(=O)(=O)OS(c1ccccc1)(c1ccccc1)c1ccccc1)OC12CC3CC(CC(C3)C1)C2. The molecular formula is C32H33F3O5S2. The van der Waals surface area contributed by atoms with Crippen molar-refractivity contribution in [3.63, 3.8) is 0 Å². The van der Waals surface area contributed by atoms with Crippen molar-refractivity contribution < 1.29 is 34.7 Å². The van der Waals surface area contributed by atoms with Gasteiger partial charge < -0.3 is 4.74 Å². The summed E-state index contributed by atoms with van der Waals surface area (Å²) in [6, 6.07) is 25.2. The fourth-order valence-electron chi connectivity index (χ4n) is 7.52. The highest BCUT2D eigenvalue weighted by Crippen LogP contribution is 2.70. The Hall–Kier alpha value is -2.82. The molecule has 0 aliphatic heterocycles. The fraction of sp³-hybridized carbons (Fsp3) is 0.406. The van der Waals surface area contributed by atoms with Crippen molar-refractivity contribution in [3.05, 3.63) is 91.0 Å². The van der Waals surface area contributed by atoms with Gasteiger partial charge in [0.05, 0.1) is 6.42 Å². The number of carbonyl (C=O) groups is 1. The molecule has 4 bridgehead atoms. The molecule has 0 radical (unpaired) electrons. The number of hydrogen-bond donors (Lipinski definition) is 0. The first-order valence-electron chi connectivity index (χ1n) is 14.2. The van der Waals surface area contributed by atoms with Gasteiger partial charge >= 0.3 is 12.1 Å². The first-order valence-corrected chi connectivity index (χ1v) is 17.2. The van der Waals surface area contributed by atoms with Gasteiger partial charge in [-0.2, -0.15) is 21.6 Å². The van der Waals surface area contributed by atoms with Crippen LogP contribution in [0.4, 0.5) is 13.2 Å². The van der Waals surface area contributed by atoms with Crippen LogP contribution in [0.3, 0.4) is 0 Å². The predicted molar refractivity (Wildman–Crippen MR) is 153 cm³/mol. The Labute approximate surface area is 246 Å². The highest BCUT2D eigenvalue weighted by atomic mass is 32.3. The molecule has 1 atom stereocenters. The molecule has 1 unspecified atom stereocenters. The van der Waals surface area contributed by atoms with Gasteiger partial charge in [0.15, 0.2) is 5.25 Å². The van der Waals surface area contributed by atoms with Gasteiger partial charge in [0.1, 0.15) is 5.60 Å². The van der Waals surface area contributed by atoms with Crippen molar-refractivity contribution in [2.45, 2.75) is 76.7 Å². The molecule has 0 heterocycles. The first-order chi connectivity index (χ1) is 20.0. The summed E-state index contributed by atoms with van der Waals surface area (Å²) in [5.41, 5.74) is -0.792. The van der Waals surface area contributed by atoms with E-state index in [0.717, 1.165) is 19.3 Å². The van der Waals surface area contributed by atoms with Gasteiger partial charge in [-0.25, -0.2) is 3.63 Å². The molecule has 4 aliphatic rings. The van der Waals surface area contributed by atoms with Crippen LogP contribution in [0.1, 0.15) is 44.9 Å². The lowest BCUT2D eigenvalue weighted by atomic mass is 9.54. The summed E-state index contributed by atoms with van der Waals surface area (Å²) in [7, 11) is -8.65. The van der Waals surface area contributed by atoms with E-state index in [1.165, 1.54) is 0 Å². The van der Waals surface area contributed by atoms with Crippen LogP contribution < -0.4 is 0 Å². The molecule has 0 amide bonds. The molecule has 10 heteroatoms. The van der Waals surface area contributed by atoms with E-state index in [4.69, 9.17) is 8.37 Å². The number of benzene rings is 3. The Kier molecular flexibility index (Phi) is 7.68. The third kappa shape index (κ3) is 5.61. The summed E-state index contributed by atoms with van der Waals surface area (Å²) in [5, 5.41) is -3.09. The average Bonchev–Trinajstić information content (AvgIpc) is 2.94. The molecule has 7 rings (SSSR count). The van der Waals surface area contributed by atoms with Gasteiger partial charge in [-0.05, 0) is 103 Å². The van der Waals surface area contributed by atoms with E-state index in [-0.39, 0.29) is 0 Å². The van der Waals surface area contributed by atoms with Crippen LogP contribution in [0.5, 0.6) is 0 Å². The molecule has 4 aliphatic carbocycles. The van der Waals surface area contributed by atoms with E-state index >= 15 is 0 Å². The molecule has 0 aromatic heterocycles. The van der Waals surface area contributed by atoms with Gasteiger partial charge in [0.25, 0.3) is 10.1 Å². The van der Waals surface area contributed by atoms with Crippen LogP contribution in [0.2, 0.25) is 0 Å². The zero-order valence-electron chi connectivity index (χ0n) is 22.9. The minimum Gasteiger partial charge on any atom is -0.459 e. The monoisotopic (exact) mass is 618 g/mol. The maximum Gasteiger partial charge on any atom is 0.408 e. The van der Waals surface area contributed by atoms with Crippen LogP contribution >= 0.6 is 10.3 Å². The zero-order chi connectivity index (χ0) is 29.6. The van der Waals surface area contributed by atoms with E-state index in [1.54, 1.807) is 91.0 Å². The molecular weight excluding hydrogens is 585 g/mol. The van der Waals surface area contributed by atoms with Gasteiger partial charge in [-0.1, -0.05) is 54.6 Å². The summed E-state index contributed by atoms with van der Waals surface area (Å²) in [6.45, 7) is 0. The number of halogens is 3. The van der Waals surface area contributed by atoms with Gasteiger partial charge in [0, 0.05) is 14.7 Å². The maximum absolute atomic E-state index is 14.6. The predicted octanol–water partition coefficient (Wildman–Crippen LogP) is 8.06. The number of ether oxygens (including phenoxy) is 1. The standard InChI is InChI=1S/C32H33F3O5S2/c33-32(34,35)29(19-30(36)39-31-20-23-16-24(21-31)18-25(17-23)22-31)42(37,38)40-41(26-10-4-1-5-11-26,27-12-6-2-7-13-27)28-14-8-3-9-15-28/h1-15,23-25,29H,16-22H2. The second-order valence-corrected chi connectivity index (χ2v) is 16.5. The Bertz CT molecular complexity index is 1380. The van der Waals surface area contributed by atoms with E-state index < -0.39 is 49.8 Å². The summed E-state index contributed by atoms with van der Waals surface area (Å²) in [6.07, 6.45) is -1.54. The fourth-order valence-corrected chi connectivity index (χ4v) is 13.1. The van der Waals surface area contributed by atoms with Crippen molar-refractivity contribution >= 4 is 26.4 Å². The lowest BCUT2D eigenvalue weighted by Gasteiger charge is -2.55. The number of rotatable bonds is 9. The van der Waals surface area contributed by atoms with E-state index in [9.17, 15) is 26.4 Å². The summed E-state index contributed by atoms with van der Waals surface area (Å²) < 4.78 is 83.3. The minimum absolute atomic E-state index is 0.404. The van der Waals surface area contributed by atoms with E-state index in [2.05, 4.69) is 0 Å². The van der Waals surface area contributed by atoms with Gasteiger partial charge in [0.2, 0.25) is 0 Å². The molecule has 0 spiro atoms. The number of hydrogen-bond acceptors (Lipinski definition) is 5. The van der Waals surface area contributed by atoms with Gasteiger partial charge in [-0.15, -0.1) is 0 Å². The molecule has 3 aromatic carbocycles. The van der Waals surface area contributed by atoms with Crippen molar-refractivity contribution in [3.8, 4) is 0 Å². The minimum atomic E-state index is -5.43. The third-order valence-corrected chi connectivity index (χ3v) is 14.3. The summed E-state index contributed by atoms with van der Waals surface area (Å²) >= 11 is 0. The van der Waals surface area contributed by atoms with Crippen molar-refractivity contribution in [1.82, 2.24) is 0 Å². The first kappa shape index (κ1) is 29.3. The number of alkyl halides is 3. The zero-order valence-corrected chi connectivity index (χ0v) is 24.5. The normalized spacial score (nSPS) is 26.5. The van der Waals surface area contributed by atoms with Crippen LogP contribution in [-0.2, 0) is 23.3 Å². The Morgan fingerprint density at radius 1 is 0.738 bits per heavy atom. The highest BCUT2D eigenvalue weighted by molar-refractivity contribution is 8.33. The second kappa shape index (κ2) is 11.0. The van der Waals surface area contributed by atoms with E-state index in [1.807, 2.05) is 0 Å².